The second-order valence-electron chi connectivity index (χ2n) is 2.69. The lowest BCUT2D eigenvalue weighted by molar-refractivity contribution is 0.538. The Bertz CT molecular complexity index is 239. The average Bonchev–Trinajstić information content (AvgIpc) is 1.79. The highest BCUT2D eigenvalue weighted by Gasteiger charge is 2.07. The van der Waals surface area contributed by atoms with Gasteiger partial charge in [-0.25, -0.2) is 8.99 Å². The molecule has 4 heteroatoms. The summed E-state index contributed by atoms with van der Waals surface area (Å²) in [6.07, 6.45) is 4.08. The van der Waals surface area contributed by atoms with Crippen molar-refractivity contribution in [2.75, 3.05) is 20.4 Å². The van der Waals surface area contributed by atoms with Gasteiger partial charge in [0.15, 0.2) is 0 Å². The van der Waals surface area contributed by atoms with Crippen molar-refractivity contribution in [1.29, 1.82) is 4.78 Å². The van der Waals surface area contributed by atoms with Crippen LogP contribution in [0.4, 0.5) is 0 Å². The Morgan fingerprint density at radius 1 is 1.64 bits per heavy atom. The van der Waals surface area contributed by atoms with Crippen LogP contribution in [0.2, 0.25) is 0 Å². The SMILES string of the molecule is CC/C=C(\N(C)C)S(C)(=N)=O. The maximum Gasteiger partial charge on any atom is 0.106 e. The van der Waals surface area contributed by atoms with E-state index in [1.54, 1.807) is 19.0 Å². The summed E-state index contributed by atoms with van der Waals surface area (Å²) in [6, 6.07) is 0. The molecule has 0 aromatic heterocycles. The Morgan fingerprint density at radius 2 is 2.09 bits per heavy atom. The first-order chi connectivity index (χ1) is 4.89. The lowest BCUT2D eigenvalue weighted by atomic mass is 10.5. The molecule has 0 saturated heterocycles. The van der Waals surface area contributed by atoms with Gasteiger partial charge in [-0.1, -0.05) is 13.0 Å². The van der Waals surface area contributed by atoms with Crippen molar-refractivity contribution in [3.8, 4) is 0 Å². The number of nitrogens with zero attached hydrogens (tertiary/aromatic N) is 1. The molecule has 0 spiro atoms. The molecule has 66 valence electrons. The van der Waals surface area contributed by atoms with Gasteiger partial charge in [-0.3, -0.25) is 0 Å². The van der Waals surface area contributed by atoms with Gasteiger partial charge in [0.25, 0.3) is 0 Å². The van der Waals surface area contributed by atoms with Gasteiger partial charge in [0.05, 0.1) is 9.73 Å². The van der Waals surface area contributed by atoms with Gasteiger partial charge in [0, 0.05) is 20.4 Å². The van der Waals surface area contributed by atoms with E-state index in [0.717, 1.165) is 6.42 Å². The predicted molar refractivity (Wildman–Crippen MR) is 48.8 cm³/mol. The second-order valence-corrected chi connectivity index (χ2v) is 4.79. The largest absolute Gasteiger partial charge is 0.370 e. The van der Waals surface area contributed by atoms with Gasteiger partial charge < -0.3 is 4.90 Å². The van der Waals surface area contributed by atoms with Crippen molar-refractivity contribution in [1.82, 2.24) is 4.90 Å². The summed E-state index contributed by atoms with van der Waals surface area (Å²) in [7, 11) is 1.07. The van der Waals surface area contributed by atoms with Crippen LogP contribution < -0.4 is 0 Å². The van der Waals surface area contributed by atoms with E-state index in [2.05, 4.69) is 0 Å². The van der Waals surface area contributed by atoms with E-state index in [1.165, 1.54) is 6.26 Å². The lowest BCUT2D eigenvalue weighted by Crippen LogP contribution is -2.17. The summed E-state index contributed by atoms with van der Waals surface area (Å²) in [6.45, 7) is 1.97. The molecule has 1 atom stereocenters. The van der Waals surface area contributed by atoms with E-state index in [0.29, 0.717) is 5.03 Å². The minimum Gasteiger partial charge on any atom is -0.370 e. The Hall–Kier alpha value is -0.510. The first-order valence-electron chi connectivity index (χ1n) is 3.51. The summed E-state index contributed by atoms with van der Waals surface area (Å²) in [5.74, 6) is 0. The molecule has 0 aliphatic carbocycles. The Kier molecular flexibility index (Phi) is 3.58. The molecule has 0 rings (SSSR count). The standard InChI is InChI=1S/C7H16N2OS/c1-5-6-7(9(2)3)11(4,8)10/h6,8H,5H2,1-4H3/b7-6+. The molecule has 0 radical (unpaired) electrons. The van der Waals surface area contributed by atoms with Gasteiger partial charge in [0.2, 0.25) is 0 Å². The molecule has 1 unspecified atom stereocenters. The molecule has 0 amide bonds. The monoisotopic (exact) mass is 176 g/mol. The molecule has 0 aliphatic heterocycles. The fourth-order valence-electron chi connectivity index (χ4n) is 0.865. The van der Waals surface area contributed by atoms with Crippen molar-refractivity contribution in [2.24, 2.45) is 0 Å². The minimum atomic E-state index is -2.54. The maximum absolute atomic E-state index is 11.3. The van der Waals surface area contributed by atoms with Crippen LogP contribution in [0.1, 0.15) is 13.3 Å². The molecule has 0 saturated carbocycles. The van der Waals surface area contributed by atoms with Crippen molar-refractivity contribution in [3.63, 3.8) is 0 Å². The number of hydrogen-bond donors (Lipinski definition) is 1. The molecule has 0 bridgehead atoms. The predicted octanol–water partition coefficient (Wildman–Crippen LogP) is 1.48. The maximum atomic E-state index is 11.3. The average molecular weight is 176 g/mol. The van der Waals surface area contributed by atoms with E-state index < -0.39 is 9.73 Å². The smallest absolute Gasteiger partial charge is 0.106 e. The quantitative estimate of drug-likeness (QED) is 0.707. The van der Waals surface area contributed by atoms with Gasteiger partial charge in [-0.2, -0.15) is 0 Å². The van der Waals surface area contributed by atoms with Crippen molar-refractivity contribution in [3.05, 3.63) is 11.1 Å². The van der Waals surface area contributed by atoms with Gasteiger partial charge >= 0.3 is 0 Å². The van der Waals surface area contributed by atoms with Crippen LogP contribution in [0.3, 0.4) is 0 Å². The summed E-state index contributed by atoms with van der Waals surface area (Å²) in [5, 5.41) is 0.611. The molecular formula is C7H16N2OS. The van der Waals surface area contributed by atoms with Crippen molar-refractivity contribution < 1.29 is 4.21 Å². The summed E-state index contributed by atoms with van der Waals surface area (Å²) < 4.78 is 18.6. The minimum absolute atomic E-state index is 0.611. The van der Waals surface area contributed by atoms with Gasteiger partial charge in [-0.15, -0.1) is 0 Å². The number of hydrogen-bond acceptors (Lipinski definition) is 3. The third kappa shape index (κ3) is 3.41. The fourth-order valence-corrected chi connectivity index (χ4v) is 2.05. The van der Waals surface area contributed by atoms with Gasteiger partial charge in [-0.05, 0) is 6.42 Å². The number of allylic oxidation sites excluding steroid dienone is 1. The highest BCUT2D eigenvalue weighted by atomic mass is 32.2. The molecule has 0 aromatic carbocycles. The topological polar surface area (TPSA) is 44.2 Å². The summed E-state index contributed by atoms with van der Waals surface area (Å²) >= 11 is 0. The van der Waals surface area contributed by atoms with Crippen molar-refractivity contribution in [2.45, 2.75) is 13.3 Å². The Morgan fingerprint density at radius 3 is 2.18 bits per heavy atom. The third-order valence-corrected chi connectivity index (χ3v) is 2.55. The second kappa shape index (κ2) is 3.76. The molecule has 0 fully saturated rings. The van der Waals surface area contributed by atoms with E-state index in [1.807, 2.05) is 13.0 Å². The number of rotatable bonds is 3. The lowest BCUT2D eigenvalue weighted by Gasteiger charge is -2.16. The Labute approximate surface area is 69.1 Å². The molecule has 11 heavy (non-hydrogen) atoms. The molecule has 0 aliphatic rings. The van der Waals surface area contributed by atoms with E-state index in [9.17, 15) is 4.21 Å². The summed E-state index contributed by atoms with van der Waals surface area (Å²) in [5.41, 5.74) is 0. The molecule has 1 N–H and O–H groups in total. The van der Waals surface area contributed by atoms with Gasteiger partial charge in [0.1, 0.15) is 5.03 Å². The van der Waals surface area contributed by atoms with Crippen LogP contribution >= 0.6 is 0 Å². The van der Waals surface area contributed by atoms with Crippen molar-refractivity contribution >= 4 is 9.73 Å². The van der Waals surface area contributed by atoms with E-state index >= 15 is 0 Å². The first kappa shape index (κ1) is 10.5. The molecular weight excluding hydrogens is 160 g/mol. The first-order valence-corrected chi connectivity index (χ1v) is 5.47. The Balaban J connectivity index is 4.79. The van der Waals surface area contributed by atoms with Crippen LogP contribution in [0.5, 0.6) is 0 Å². The molecule has 3 nitrogen and oxygen atoms in total. The van der Waals surface area contributed by atoms with E-state index in [-0.39, 0.29) is 0 Å². The zero-order chi connectivity index (χ0) is 9.07. The zero-order valence-corrected chi connectivity index (χ0v) is 8.36. The highest BCUT2D eigenvalue weighted by molar-refractivity contribution is 7.95. The zero-order valence-electron chi connectivity index (χ0n) is 7.55. The van der Waals surface area contributed by atoms with E-state index in [4.69, 9.17) is 4.78 Å². The van der Waals surface area contributed by atoms with Crippen LogP contribution in [0.15, 0.2) is 11.1 Å². The van der Waals surface area contributed by atoms with Crippen LogP contribution in [0, 0.1) is 4.78 Å². The van der Waals surface area contributed by atoms with Crippen LogP contribution in [-0.2, 0) is 9.73 Å². The molecule has 0 heterocycles. The fraction of sp³-hybridized carbons (Fsp3) is 0.714. The normalized spacial score (nSPS) is 17.6. The van der Waals surface area contributed by atoms with Crippen LogP contribution in [0.25, 0.3) is 0 Å². The summed E-state index contributed by atoms with van der Waals surface area (Å²) in [4.78, 5) is 1.73. The molecule has 0 aromatic rings. The third-order valence-electron chi connectivity index (χ3n) is 1.22. The van der Waals surface area contributed by atoms with Crippen LogP contribution in [-0.4, -0.2) is 29.5 Å². The highest BCUT2D eigenvalue weighted by Crippen LogP contribution is 2.08. The number of nitrogens with one attached hydrogen (secondary N) is 1.